The van der Waals surface area contributed by atoms with Crippen LogP contribution in [0.25, 0.3) is 0 Å². The molecule has 5 heteroatoms. The molecule has 2 rings (SSSR count). The largest absolute Gasteiger partial charge is 0.376 e. The van der Waals surface area contributed by atoms with Crippen molar-refractivity contribution < 1.29 is 14.3 Å². The molecule has 2 aliphatic heterocycles. The van der Waals surface area contributed by atoms with Gasteiger partial charge in [0.2, 0.25) is 11.8 Å². The zero-order chi connectivity index (χ0) is 15.6. The minimum absolute atomic E-state index is 0.0191. The average Bonchev–Trinajstić information content (AvgIpc) is 2.89. The Balaban J connectivity index is 2.19. The van der Waals surface area contributed by atoms with E-state index in [-0.39, 0.29) is 29.4 Å². The molecule has 0 bridgehead atoms. The molecule has 2 fully saturated rings. The molecule has 1 N–H and O–H groups in total. The van der Waals surface area contributed by atoms with Crippen LogP contribution in [0.4, 0.5) is 0 Å². The highest BCUT2D eigenvalue weighted by atomic mass is 16.5. The first-order valence-electron chi connectivity index (χ1n) is 8.07. The van der Waals surface area contributed by atoms with Gasteiger partial charge in [-0.1, -0.05) is 34.1 Å². The van der Waals surface area contributed by atoms with Gasteiger partial charge in [0.15, 0.2) is 0 Å². The van der Waals surface area contributed by atoms with E-state index in [0.29, 0.717) is 13.0 Å². The zero-order valence-electron chi connectivity index (χ0n) is 13.6. The first-order chi connectivity index (χ1) is 9.84. The molecule has 5 nitrogen and oxygen atoms in total. The minimum Gasteiger partial charge on any atom is -0.376 e. The summed E-state index contributed by atoms with van der Waals surface area (Å²) in [4.78, 5) is 27.0. The van der Waals surface area contributed by atoms with Crippen LogP contribution < -0.4 is 5.32 Å². The van der Waals surface area contributed by atoms with Gasteiger partial charge in [-0.15, -0.1) is 0 Å². The minimum atomic E-state index is -0.445. The summed E-state index contributed by atoms with van der Waals surface area (Å²) >= 11 is 0. The second kappa shape index (κ2) is 6.34. The molecule has 0 aliphatic carbocycles. The molecule has 3 unspecified atom stereocenters. The van der Waals surface area contributed by atoms with Crippen molar-refractivity contribution in [1.82, 2.24) is 10.2 Å². The van der Waals surface area contributed by atoms with Gasteiger partial charge in [0.05, 0.1) is 6.10 Å². The van der Waals surface area contributed by atoms with Gasteiger partial charge in [-0.2, -0.15) is 0 Å². The molecule has 2 heterocycles. The summed E-state index contributed by atoms with van der Waals surface area (Å²) < 4.78 is 5.66. The van der Waals surface area contributed by atoms with E-state index in [2.05, 4.69) is 5.32 Å². The first-order valence-corrected chi connectivity index (χ1v) is 8.07. The molecule has 2 amide bonds. The highest BCUT2D eigenvalue weighted by molar-refractivity contribution is 5.97. The summed E-state index contributed by atoms with van der Waals surface area (Å²) in [7, 11) is 0. The summed E-state index contributed by atoms with van der Waals surface area (Å²) in [6.45, 7) is 9.31. The van der Waals surface area contributed by atoms with E-state index in [0.717, 1.165) is 25.9 Å². The molecule has 3 atom stereocenters. The summed E-state index contributed by atoms with van der Waals surface area (Å²) in [5, 5.41) is 2.92. The van der Waals surface area contributed by atoms with Crippen LogP contribution in [0.3, 0.4) is 0 Å². The number of hydrogen-bond acceptors (Lipinski definition) is 3. The summed E-state index contributed by atoms with van der Waals surface area (Å²) in [6.07, 6.45) is 3.69. The lowest BCUT2D eigenvalue weighted by molar-refractivity contribution is -0.154. The van der Waals surface area contributed by atoms with Crippen molar-refractivity contribution >= 4 is 11.8 Å². The van der Waals surface area contributed by atoms with Crippen LogP contribution in [0.15, 0.2) is 0 Å². The zero-order valence-corrected chi connectivity index (χ0v) is 13.6. The predicted molar refractivity (Wildman–Crippen MR) is 80.8 cm³/mol. The van der Waals surface area contributed by atoms with E-state index < -0.39 is 6.04 Å². The third-order valence-corrected chi connectivity index (χ3v) is 4.35. The second-order valence-electron chi connectivity index (χ2n) is 7.24. The standard InChI is InChI=1S/C16H28N2O3/c1-5-7-12-14(19)17-13(16(2,3)4)15(20)18(12)10-11-8-6-9-21-11/h11-13H,5-10H2,1-4H3,(H,17,19). The van der Waals surface area contributed by atoms with Crippen LogP contribution >= 0.6 is 0 Å². The lowest BCUT2D eigenvalue weighted by Gasteiger charge is -2.44. The molecule has 2 aliphatic rings. The topological polar surface area (TPSA) is 58.6 Å². The van der Waals surface area contributed by atoms with Crippen molar-refractivity contribution in [1.29, 1.82) is 0 Å². The Kier molecular flexibility index (Phi) is 4.91. The molecule has 0 aromatic carbocycles. The number of ether oxygens (including phenoxy) is 1. The Morgan fingerprint density at radius 1 is 1.33 bits per heavy atom. The highest BCUT2D eigenvalue weighted by Gasteiger charge is 2.45. The Labute approximate surface area is 127 Å². The van der Waals surface area contributed by atoms with Gasteiger partial charge in [-0.05, 0) is 24.7 Å². The van der Waals surface area contributed by atoms with Gasteiger partial charge in [0, 0.05) is 13.2 Å². The molecule has 0 aromatic heterocycles. The molecule has 21 heavy (non-hydrogen) atoms. The summed E-state index contributed by atoms with van der Waals surface area (Å²) in [5.41, 5.74) is -0.279. The molecule has 2 saturated heterocycles. The lowest BCUT2D eigenvalue weighted by atomic mass is 9.83. The quantitative estimate of drug-likeness (QED) is 0.859. The molecular weight excluding hydrogens is 268 g/mol. The smallest absolute Gasteiger partial charge is 0.246 e. The Bertz CT molecular complexity index is 397. The predicted octanol–water partition coefficient (Wildman–Crippen LogP) is 1.71. The van der Waals surface area contributed by atoms with E-state index >= 15 is 0 Å². The van der Waals surface area contributed by atoms with Crippen LogP contribution in [0.2, 0.25) is 0 Å². The van der Waals surface area contributed by atoms with Crippen molar-refractivity contribution in [2.24, 2.45) is 5.41 Å². The second-order valence-corrected chi connectivity index (χ2v) is 7.24. The maximum atomic E-state index is 12.8. The molecular formula is C16H28N2O3. The number of rotatable bonds is 4. The van der Waals surface area contributed by atoms with Gasteiger partial charge in [0.1, 0.15) is 12.1 Å². The van der Waals surface area contributed by atoms with Crippen LogP contribution in [-0.4, -0.2) is 48.1 Å². The Morgan fingerprint density at radius 2 is 2.05 bits per heavy atom. The number of nitrogens with zero attached hydrogens (tertiary/aromatic N) is 1. The number of carbonyl (C=O) groups excluding carboxylic acids is 2. The number of nitrogens with one attached hydrogen (secondary N) is 1. The van der Waals surface area contributed by atoms with Gasteiger partial charge < -0.3 is 15.0 Å². The fourth-order valence-electron chi connectivity index (χ4n) is 3.13. The lowest BCUT2D eigenvalue weighted by Crippen LogP contribution is -2.67. The molecule has 120 valence electrons. The monoisotopic (exact) mass is 296 g/mol. The Morgan fingerprint density at radius 3 is 2.57 bits per heavy atom. The van der Waals surface area contributed by atoms with Gasteiger partial charge in [0.25, 0.3) is 0 Å². The van der Waals surface area contributed by atoms with Crippen molar-refractivity contribution in [2.75, 3.05) is 13.2 Å². The number of hydrogen-bond donors (Lipinski definition) is 1. The van der Waals surface area contributed by atoms with Crippen LogP contribution in [-0.2, 0) is 14.3 Å². The number of piperazine rings is 1. The van der Waals surface area contributed by atoms with Crippen molar-refractivity contribution in [2.45, 2.75) is 71.6 Å². The molecule has 0 radical (unpaired) electrons. The maximum absolute atomic E-state index is 12.8. The number of amides is 2. The Hall–Kier alpha value is -1.10. The SMILES string of the molecule is CCCC1C(=O)NC(C(C)(C)C)C(=O)N1CC1CCCO1. The van der Waals surface area contributed by atoms with E-state index in [4.69, 9.17) is 4.74 Å². The van der Waals surface area contributed by atoms with Crippen LogP contribution in [0.5, 0.6) is 0 Å². The van der Waals surface area contributed by atoms with E-state index in [1.165, 1.54) is 0 Å². The number of carbonyl (C=O) groups is 2. The third-order valence-electron chi connectivity index (χ3n) is 4.35. The van der Waals surface area contributed by atoms with E-state index in [9.17, 15) is 9.59 Å². The molecule has 0 aromatic rings. The van der Waals surface area contributed by atoms with Gasteiger partial charge in [-0.25, -0.2) is 0 Å². The van der Waals surface area contributed by atoms with Crippen molar-refractivity contribution in [3.63, 3.8) is 0 Å². The maximum Gasteiger partial charge on any atom is 0.246 e. The average molecular weight is 296 g/mol. The summed E-state index contributed by atoms with van der Waals surface area (Å²) in [5.74, 6) is 0.0189. The van der Waals surface area contributed by atoms with Crippen LogP contribution in [0, 0.1) is 5.41 Å². The van der Waals surface area contributed by atoms with Gasteiger partial charge >= 0.3 is 0 Å². The van der Waals surface area contributed by atoms with Gasteiger partial charge in [-0.3, -0.25) is 9.59 Å². The van der Waals surface area contributed by atoms with Crippen molar-refractivity contribution in [3.8, 4) is 0 Å². The summed E-state index contributed by atoms with van der Waals surface area (Å²) in [6, 6.07) is -0.787. The van der Waals surface area contributed by atoms with Crippen LogP contribution in [0.1, 0.15) is 53.4 Å². The molecule has 0 spiro atoms. The van der Waals surface area contributed by atoms with E-state index in [1.54, 1.807) is 4.90 Å². The first kappa shape index (κ1) is 16.3. The highest BCUT2D eigenvalue weighted by Crippen LogP contribution is 2.27. The fraction of sp³-hybridized carbons (Fsp3) is 0.875. The fourth-order valence-corrected chi connectivity index (χ4v) is 3.13. The van der Waals surface area contributed by atoms with Crippen molar-refractivity contribution in [3.05, 3.63) is 0 Å². The molecule has 0 saturated carbocycles. The third kappa shape index (κ3) is 3.57. The van der Waals surface area contributed by atoms with E-state index in [1.807, 2.05) is 27.7 Å². The normalized spacial score (nSPS) is 30.7.